The highest BCUT2D eigenvalue weighted by Crippen LogP contribution is 2.47. The topological polar surface area (TPSA) is 37.5 Å². The minimum absolute atomic E-state index is 0.348. The molecule has 0 radical (unpaired) electrons. The number of aromatic nitrogens is 2. The number of hydrogen-bond donors (Lipinski definition) is 1. The van der Waals surface area contributed by atoms with E-state index in [1.54, 1.807) is 0 Å². The van der Waals surface area contributed by atoms with Gasteiger partial charge in [0, 0.05) is 0 Å². The Morgan fingerprint density at radius 2 is 1.62 bits per heavy atom. The zero-order valence-corrected chi connectivity index (χ0v) is 15.1. The lowest BCUT2D eigenvalue weighted by atomic mass is 9.75. The molecule has 3 heteroatoms. The highest BCUT2D eigenvalue weighted by molar-refractivity contribution is 5.50. The van der Waals surface area contributed by atoms with Gasteiger partial charge in [0.05, 0.1) is 29.8 Å². The van der Waals surface area contributed by atoms with Gasteiger partial charge in [-0.2, -0.15) is 0 Å². The van der Waals surface area contributed by atoms with E-state index in [-0.39, 0.29) is 6.10 Å². The van der Waals surface area contributed by atoms with Crippen molar-refractivity contribution in [2.45, 2.75) is 56.5 Å². The molecule has 2 aromatic heterocycles. The Bertz CT molecular complexity index is 889. The molecule has 134 valence electrons. The predicted molar refractivity (Wildman–Crippen MR) is 103 cm³/mol. The van der Waals surface area contributed by atoms with E-state index in [1.807, 2.05) is 12.5 Å². The summed E-state index contributed by atoms with van der Waals surface area (Å²) in [6, 6.07) is 15.2. The Labute approximate surface area is 154 Å². The van der Waals surface area contributed by atoms with E-state index >= 15 is 0 Å². The van der Waals surface area contributed by atoms with Gasteiger partial charge in [0.2, 0.25) is 0 Å². The summed E-state index contributed by atoms with van der Waals surface area (Å²) < 4.78 is 2.13. The van der Waals surface area contributed by atoms with Crippen LogP contribution in [0, 0.1) is 5.92 Å². The number of benzene rings is 1. The van der Waals surface area contributed by atoms with Crippen molar-refractivity contribution in [3.05, 3.63) is 71.8 Å². The Balaban J connectivity index is 1.39. The molecular weight excluding hydrogens is 320 g/mol. The normalized spacial score (nSPS) is 24.7. The molecule has 1 aromatic carbocycles. The SMILES string of the molecule is O[C@@H](c1c(C2CC2)ccc2cncn12)C1CCC(c2ccccc2)CC1. The molecule has 1 N–H and O–H groups in total. The Morgan fingerprint density at radius 3 is 2.35 bits per heavy atom. The number of nitrogens with zero attached hydrogens (tertiary/aromatic N) is 2. The number of rotatable bonds is 4. The number of fused-ring (bicyclic) bond motifs is 1. The maximum Gasteiger partial charge on any atom is 0.0995 e. The van der Waals surface area contributed by atoms with E-state index in [9.17, 15) is 5.11 Å². The van der Waals surface area contributed by atoms with Gasteiger partial charge in [0.25, 0.3) is 0 Å². The third kappa shape index (κ3) is 2.84. The molecule has 5 rings (SSSR count). The molecule has 1 atom stereocenters. The van der Waals surface area contributed by atoms with Crippen LogP contribution in [0.15, 0.2) is 55.0 Å². The van der Waals surface area contributed by atoms with Crippen molar-refractivity contribution in [2.24, 2.45) is 5.92 Å². The van der Waals surface area contributed by atoms with Crippen molar-refractivity contribution in [3.63, 3.8) is 0 Å². The van der Waals surface area contributed by atoms with E-state index in [4.69, 9.17) is 0 Å². The second-order valence-corrected chi connectivity index (χ2v) is 8.10. The zero-order chi connectivity index (χ0) is 17.5. The monoisotopic (exact) mass is 346 g/mol. The van der Waals surface area contributed by atoms with E-state index in [2.05, 4.69) is 51.8 Å². The molecule has 2 aliphatic rings. The van der Waals surface area contributed by atoms with Crippen molar-refractivity contribution in [3.8, 4) is 0 Å². The zero-order valence-electron chi connectivity index (χ0n) is 15.1. The molecule has 0 amide bonds. The summed E-state index contributed by atoms with van der Waals surface area (Å²) in [4.78, 5) is 4.31. The van der Waals surface area contributed by atoms with Crippen molar-refractivity contribution >= 4 is 5.52 Å². The van der Waals surface area contributed by atoms with Crippen LogP contribution in [-0.2, 0) is 0 Å². The first-order chi connectivity index (χ1) is 12.8. The van der Waals surface area contributed by atoms with E-state index < -0.39 is 0 Å². The van der Waals surface area contributed by atoms with Crippen LogP contribution in [0.3, 0.4) is 0 Å². The van der Waals surface area contributed by atoms with Crippen molar-refractivity contribution < 1.29 is 5.11 Å². The average molecular weight is 346 g/mol. The third-order valence-electron chi connectivity index (χ3n) is 6.44. The minimum Gasteiger partial charge on any atom is -0.387 e. The van der Waals surface area contributed by atoms with Crippen LogP contribution in [0.2, 0.25) is 0 Å². The van der Waals surface area contributed by atoms with Gasteiger partial charge in [-0.05, 0) is 73.5 Å². The minimum atomic E-state index is -0.389. The van der Waals surface area contributed by atoms with Crippen LogP contribution in [0.1, 0.15) is 73.3 Å². The molecule has 0 aliphatic heterocycles. The molecule has 0 spiro atoms. The number of aliphatic hydroxyl groups excluding tert-OH is 1. The molecule has 2 fully saturated rings. The lowest BCUT2D eigenvalue weighted by Crippen LogP contribution is -2.22. The molecular formula is C23H26N2O. The Morgan fingerprint density at radius 1 is 0.885 bits per heavy atom. The summed E-state index contributed by atoms with van der Waals surface area (Å²) in [5, 5.41) is 11.3. The Hall–Kier alpha value is -2.13. The quantitative estimate of drug-likeness (QED) is 0.703. The molecule has 26 heavy (non-hydrogen) atoms. The first kappa shape index (κ1) is 16.1. The molecule has 3 nitrogen and oxygen atoms in total. The standard InChI is InChI=1S/C23H26N2O/c26-23(19-10-6-17(7-11-19)16-4-2-1-3-5-16)22-21(18-8-9-18)13-12-20-14-24-15-25(20)22/h1-5,12-15,17-19,23,26H,6-11H2/t17?,19?,23-/m1/s1. The van der Waals surface area contributed by atoms with E-state index in [1.165, 1.54) is 36.8 Å². The Kier molecular flexibility index (Phi) is 4.05. The van der Waals surface area contributed by atoms with Gasteiger partial charge in [0.1, 0.15) is 0 Å². The summed E-state index contributed by atoms with van der Waals surface area (Å²) in [7, 11) is 0. The van der Waals surface area contributed by atoms with Crippen LogP contribution < -0.4 is 0 Å². The van der Waals surface area contributed by atoms with Gasteiger partial charge in [-0.1, -0.05) is 36.4 Å². The van der Waals surface area contributed by atoms with Crippen molar-refractivity contribution in [1.29, 1.82) is 0 Å². The third-order valence-corrected chi connectivity index (χ3v) is 6.44. The van der Waals surface area contributed by atoms with E-state index in [0.717, 1.165) is 24.1 Å². The highest BCUT2D eigenvalue weighted by Gasteiger charge is 2.34. The van der Waals surface area contributed by atoms with Crippen molar-refractivity contribution in [1.82, 2.24) is 9.38 Å². The smallest absolute Gasteiger partial charge is 0.0995 e. The second-order valence-electron chi connectivity index (χ2n) is 8.10. The van der Waals surface area contributed by atoms with Gasteiger partial charge in [-0.25, -0.2) is 4.98 Å². The van der Waals surface area contributed by atoms with Gasteiger partial charge < -0.3 is 9.51 Å². The van der Waals surface area contributed by atoms with Gasteiger partial charge in [-0.3, -0.25) is 0 Å². The number of aliphatic hydroxyl groups is 1. The fourth-order valence-corrected chi connectivity index (χ4v) is 4.80. The van der Waals surface area contributed by atoms with E-state index in [0.29, 0.717) is 17.8 Å². The number of pyridine rings is 1. The lowest BCUT2D eigenvalue weighted by molar-refractivity contribution is 0.0754. The molecule has 0 unspecified atom stereocenters. The summed E-state index contributed by atoms with van der Waals surface area (Å²) in [5.41, 5.74) is 4.98. The van der Waals surface area contributed by atoms with Gasteiger partial charge in [-0.15, -0.1) is 0 Å². The lowest BCUT2D eigenvalue weighted by Gasteiger charge is -2.33. The number of hydrogen-bond acceptors (Lipinski definition) is 2. The van der Waals surface area contributed by atoms with Crippen LogP contribution in [0.4, 0.5) is 0 Å². The average Bonchev–Trinajstić information content (AvgIpc) is 3.44. The summed E-state index contributed by atoms with van der Waals surface area (Å²) >= 11 is 0. The van der Waals surface area contributed by atoms with Crippen LogP contribution >= 0.6 is 0 Å². The summed E-state index contributed by atoms with van der Waals surface area (Å²) in [5.74, 6) is 1.62. The summed E-state index contributed by atoms with van der Waals surface area (Å²) in [6.07, 6.45) is 10.4. The fourth-order valence-electron chi connectivity index (χ4n) is 4.80. The second kappa shape index (κ2) is 6.55. The maximum atomic E-state index is 11.3. The highest BCUT2D eigenvalue weighted by atomic mass is 16.3. The van der Waals surface area contributed by atoms with Crippen LogP contribution in [0.25, 0.3) is 5.52 Å². The van der Waals surface area contributed by atoms with Crippen LogP contribution in [0.5, 0.6) is 0 Å². The first-order valence-corrected chi connectivity index (χ1v) is 9.99. The molecule has 0 saturated heterocycles. The number of imidazole rings is 1. The van der Waals surface area contributed by atoms with Gasteiger partial charge in [0.15, 0.2) is 0 Å². The molecule has 3 aromatic rings. The van der Waals surface area contributed by atoms with Crippen LogP contribution in [-0.4, -0.2) is 14.5 Å². The first-order valence-electron chi connectivity index (χ1n) is 9.99. The van der Waals surface area contributed by atoms with Gasteiger partial charge >= 0.3 is 0 Å². The predicted octanol–water partition coefficient (Wildman–Crippen LogP) is 5.22. The summed E-state index contributed by atoms with van der Waals surface area (Å²) in [6.45, 7) is 0. The fraction of sp³-hybridized carbons (Fsp3) is 0.435. The molecule has 0 bridgehead atoms. The maximum absolute atomic E-state index is 11.3. The molecule has 2 aliphatic carbocycles. The molecule has 2 heterocycles. The molecule has 2 saturated carbocycles. The largest absolute Gasteiger partial charge is 0.387 e. The van der Waals surface area contributed by atoms with Crippen molar-refractivity contribution in [2.75, 3.05) is 0 Å².